The summed E-state index contributed by atoms with van der Waals surface area (Å²) in [6, 6.07) is 0.625. The van der Waals surface area contributed by atoms with Gasteiger partial charge in [0.25, 0.3) is 5.91 Å². The van der Waals surface area contributed by atoms with Crippen molar-refractivity contribution >= 4 is 30.1 Å². The summed E-state index contributed by atoms with van der Waals surface area (Å²) in [5, 5.41) is 3.00. The first-order chi connectivity index (χ1) is 11.5. The van der Waals surface area contributed by atoms with Gasteiger partial charge < -0.3 is 25.5 Å². The Morgan fingerprint density at radius 2 is 2.08 bits per heavy atom. The van der Waals surface area contributed by atoms with E-state index in [1.807, 2.05) is 14.1 Å². The number of carbonyl (C=O) groups excluding carboxylic acids is 3. The van der Waals surface area contributed by atoms with Crippen molar-refractivity contribution in [1.29, 1.82) is 0 Å². The van der Waals surface area contributed by atoms with Crippen LogP contribution in [-0.4, -0.2) is 43.5 Å². The predicted octanol–water partition coefficient (Wildman–Crippen LogP) is 1.28. The highest BCUT2D eigenvalue weighted by atomic mass is 35.5. The van der Waals surface area contributed by atoms with Crippen LogP contribution >= 0.6 is 11.6 Å². The summed E-state index contributed by atoms with van der Waals surface area (Å²) in [5.74, 6) is -1.29. The van der Waals surface area contributed by atoms with Gasteiger partial charge in [0.15, 0.2) is 0 Å². The van der Waals surface area contributed by atoms with Crippen molar-refractivity contribution in [1.82, 2.24) is 10.2 Å². The molecule has 0 saturated heterocycles. The van der Waals surface area contributed by atoms with E-state index >= 15 is 0 Å². The lowest BCUT2D eigenvalue weighted by Crippen LogP contribution is -2.37. The second-order valence-corrected chi connectivity index (χ2v) is 5.68. The zero-order valence-electron chi connectivity index (χ0n) is 13.6. The fourth-order valence-electron chi connectivity index (χ4n) is 2.43. The number of nitrogens with two attached hydrogens (primary N) is 1. The van der Waals surface area contributed by atoms with Gasteiger partial charge in [0.1, 0.15) is 18.4 Å². The van der Waals surface area contributed by atoms with E-state index in [1.54, 1.807) is 0 Å². The second kappa shape index (κ2) is 9.46. The van der Waals surface area contributed by atoms with Gasteiger partial charge in [-0.15, -0.1) is 0 Å². The first kappa shape index (κ1) is 20.2. The van der Waals surface area contributed by atoms with Crippen molar-refractivity contribution in [3.05, 3.63) is 33.6 Å². The van der Waals surface area contributed by atoms with Crippen molar-refractivity contribution in [3.63, 3.8) is 0 Å². The van der Waals surface area contributed by atoms with Gasteiger partial charge in [-0.3, -0.25) is 4.79 Å². The minimum Gasteiger partial charge on any atom is -0.326 e. The molecule has 1 heterocycles. The van der Waals surface area contributed by atoms with Crippen LogP contribution in [0.4, 0.5) is 4.39 Å². The lowest BCUT2D eigenvalue weighted by Gasteiger charge is -2.22. The SMILES string of the molecule is CNC.NCc1cc(Cl)c2c(c1F)C(=O)N(C(C=O)CCC=O)C2. The summed E-state index contributed by atoms with van der Waals surface area (Å²) in [6.07, 6.45) is 1.61. The number of hydrogen-bond donors (Lipinski definition) is 2. The number of benzene rings is 1. The molecule has 1 unspecified atom stereocenters. The molecular weight excluding hydrogens is 337 g/mol. The number of rotatable bonds is 6. The fraction of sp³-hybridized carbons (Fsp3) is 0.438. The highest BCUT2D eigenvalue weighted by molar-refractivity contribution is 6.32. The Hall–Kier alpha value is -1.83. The summed E-state index contributed by atoms with van der Waals surface area (Å²) in [4.78, 5) is 35.1. The average Bonchev–Trinajstić information content (AvgIpc) is 2.91. The number of aldehydes is 2. The normalized spacial score (nSPS) is 13.9. The van der Waals surface area contributed by atoms with Crippen molar-refractivity contribution in [2.45, 2.75) is 32.0 Å². The molecule has 0 saturated carbocycles. The van der Waals surface area contributed by atoms with Crippen molar-refractivity contribution in [2.24, 2.45) is 5.73 Å². The Morgan fingerprint density at radius 1 is 1.46 bits per heavy atom. The fourth-order valence-corrected chi connectivity index (χ4v) is 2.72. The van der Waals surface area contributed by atoms with Crippen LogP contribution < -0.4 is 11.1 Å². The number of nitrogens with zero attached hydrogens (tertiary/aromatic N) is 1. The number of fused-ring (bicyclic) bond motifs is 1. The average molecular weight is 358 g/mol. The van der Waals surface area contributed by atoms with Crippen LogP contribution in [0, 0.1) is 5.82 Å². The third-order valence-corrected chi connectivity index (χ3v) is 3.89. The topological polar surface area (TPSA) is 92.5 Å². The quantitative estimate of drug-likeness (QED) is 0.748. The van der Waals surface area contributed by atoms with Gasteiger partial charge in [-0.25, -0.2) is 4.39 Å². The molecule has 8 heteroatoms. The third-order valence-electron chi connectivity index (χ3n) is 3.55. The van der Waals surface area contributed by atoms with E-state index in [-0.39, 0.29) is 42.1 Å². The summed E-state index contributed by atoms with van der Waals surface area (Å²) in [5.41, 5.74) is 5.82. The molecule has 1 aliphatic heterocycles. The molecule has 1 aromatic rings. The van der Waals surface area contributed by atoms with Gasteiger partial charge in [0.05, 0.1) is 11.6 Å². The summed E-state index contributed by atoms with van der Waals surface area (Å²) >= 11 is 6.06. The molecule has 24 heavy (non-hydrogen) atoms. The lowest BCUT2D eigenvalue weighted by atomic mass is 10.0. The molecule has 0 bridgehead atoms. The first-order valence-corrected chi connectivity index (χ1v) is 7.82. The first-order valence-electron chi connectivity index (χ1n) is 7.44. The zero-order chi connectivity index (χ0) is 18.3. The van der Waals surface area contributed by atoms with Gasteiger partial charge in [0, 0.05) is 35.7 Å². The van der Waals surface area contributed by atoms with Crippen molar-refractivity contribution in [2.75, 3.05) is 14.1 Å². The van der Waals surface area contributed by atoms with Gasteiger partial charge in [-0.05, 0) is 26.6 Å². The zero-order valence-corrected chi connectivity index (χ0v) is 14.4. The van der Waals surface area contributed by atoms with E-state index in [1.165, 1.54) is 11.0 Å². The minimum absolute atomic E-state index is 0.0526. The predicted molar refractivity (Wildman–Crippen MR) is 89.3 cm³/mol. The lowest BCUT2D eigenvalue weighted by molar-refractivity contribution is -0.112. The Labute approximate surface area is 145 Å². The molecule has 1 atom stereocenters. The number of halogens is 2. The number of hydrogen-bond acceptors (Lipinski definition) is 5. The van der Waals surface area contributed by atoms with E-state index in [2.05, 4.69) is 5.32 Å². The van der Waals surface area contributed by atoms with Gasteiger partial charge in [0.2, 0.25) is 0 Å². The Morgan fingerprint density at radius 3 is 2.58 bits per heavy atom. The van der Waals surface area contributed by atoms with E-state index in [0.717, 1.165) is 0 Å². The maximum atomic E-state index is 14.3. The largest absolute Gasteiger partial charge is 0.326 e. The van der Waals surface area contributed by atoms with Gasteiger partial charge in [-0.1, -0.05) is 11.6 Å². The van der Waals surface area contributed by atoms with Crippen LogP contribution in [0.15, 0.2) is 6.07 Å². The van der Waals surface area contributed by atoms with Crippen LogP contribution in [0.2, 0.25) is 5.02 Å². The van der Waals surface area contributed by atoms with Crippen LogP contribution in [0.3, 0.4) is 0 Å². The highest BCUT2D eigenvalue weighted by Crippen LogP contribution is 2.34. The molecule has 2 rings (SSSR count). The molecule has 1 amide bonds. The highest BCUT2D eigenvalue weighted by Gasteiger charge is 2.37. The van der Waals surface area contributed by atoms with Crippen molar-refractivity contribution < 1.29 is 18.8 Å². The summed E-state index contributed by atoms with van der Waals surface area (Å²) in [6.45, 7) is -0.0224. The standard InChI is InChI=1S/C14H14ClFN2O3.C2H7N/c15-11-4-8(5-17)13(16)12-10(11)6-18(14(12)21)9(7-20)2-1-3-19;1-3-2/h3-4,7,9H,1-2,5-6,17H2;3H,1-2H3. The maximum absolute atomic E-state index is 14.3. The maximum Gasteiger partial charge on any atom is 0.258 e. The third kappa shape index (κ3) is 4.17. The Kier molecular flexibility index (Phi) is 7.97. The van der Waals surface area contributed by atoms with Crippen LogP contribution in [0.25, 0.3) is 0 Å². The monoisotopic (exact) mass is 357 g/mol. The molecule has 1 aliphatic rings. The Bertz CT molecular complexity index is 625. The van der Waals surface area contributed by atoms with Gasteiger partial charge in [-0.2, -0.15) is 0 Å². The molecule has 0 spiro atoms. The molecule has 1 aromatic carbocycles. The Balaban J connectivity index is 0.000000891. The number of nitrogens with one attached hydrogen (secondary N) is 1. The van der Waals surface area contributed by atoms with Gasteiger partial charge >= 0.3 is 0 Å². The molecule has 6 nitrogen and oxygen atoms in total. The molecule has 0 radical (unpaired) electrons. The smallest absolute Gasteiger partial charge is 0.258 e. The van der Waals surface area contributed by atoms with Crippen molar-refractivity contribution in [3.8, 4) is 0 Å². The molecule has 0 aliphatic carbocycles. The molecule has 0 fully saturated rings. The summed E-state index contributed by atoms with van der Waals surface area (Å²) in [7, 11) is 3.75. The minimum atomic E-state index is -0.771. The number of carbonyl (C=O) groups is 3. The van der Waals surface area contributed by atoms with E-state index < -0.39 is 17.8 Å². The van der Waals surface area contributed by atoms with E-state index in [9.17, 15) is 18.8 Å². The van der Waals surface area contributed by atoms with Crippen LogP contribution in [0.1, 0.15) is 34.3 Å². The van der Waals surface area contributed by atoms with Crippen LogP contribution in [-0.2, 0) is 22.7 Å². The van der Waals surface area contributed by atoms with E-state index in [4.69, 9.17) is 17.3 Å². The molecule has 3 N–H and O–H groups in total. The number of amides is 1. The molecule has 132 valence electrons. The summed E-state index contributed by atoms with van der Waals surface area (Å²) < 4.78 is 14.3. The van der Waals surface area contributed by atoms with Crippen LogP contribution in [0.5, 0.6) is 0 Å². The molecule has 0 aromatic heterocycles. The van der Waals surface area contributed by atoms with E-state index in [0.29, 0.717) is 18.1 Å². The molecular formula is C16H21ClFN3O3. The second-order valence-electron chi connectivity index (χ2n) is 5.27.